The zero-order chi connectivity index (χ0) is 15.2. The second-order valence-corrected chi connectivity index (χ2v) is 6.56. The zero-order valence-corrected chi connectivity index (χ0v) is 14.4. The average Bonchev–Trinajstić information content (AvgIpc) is 2.46. The molecule has 5 heteroatoms. The maximum absolute atomic E-state index is 5.99. The third-order valence-corrected chi connectivity index (χ3v) is 4.40. The second kappa shape index (κ2) is 8.13. The number of nitrogens with zero attached hydrogens (tertiary/aromatic N) is 1. The summed E-state index contributed by atoms with van der Waals surface area (Å²) in [4.78, 5) is 2.27. The first-order valence-corrected chi connectivity index (χ1v) is 8.34. The first-order chi connectivity index (χ1) is 10.1. The van der Waals surface area contributed by atoms with Gasteiger partial charge in [0.1, 0.15) is 18.5 Å². The standard InChI is InChI=1S/C16H25BrN2O2/c1-3-13(18)8-12-4-5-16(15(17)9-12)21-11-14-10-19(2)6-7-20-14/h4-5,9,13-14H,3,6-8,10-11,18H2,1-2H3. The number of hydrogen-bond acceptors (Lipinski definition) is 4. The van der Waals surface area contributed by atoms with E-state index in [1.165, 1.54) is 5.56 Å². The van der Waals surface area contributed by atoms with Gasteiger partial charge in [0.2, 0.25) is 0 Å². The maximum atomic E-state index is 5.99. The van der Waals surface area contributed by atoms with E-state index >= 15 is 0 Å². The highest BCUT2D eigenvalue weighted by Crippen LogP contribution is 2.27. The molecule has 0 aromatic heterocycles. The van der Waals surface area contributed by atoms with Crippen LogP contribution in [0.1, 0.15) is 18.9 Å². The van der Waals surface area contributed by atoms with Gasteiger partial charge in [-0.25, -0.2) is 0 Å². The monoisotopic (exact) mass is 356 g/mol. The molecule has 0 spiro atoms. The van der Waals surface area contributed by atoms with E-state index in [9.17, 15) is 0 Å². The summed E-state index contributed by atoms with van der Waals surface area (Å²) in [6.07, 6.45) is 2.03. The molecular weight excluding hydrogens is 332 g/mol. The van der Waals surface area contributed by atoms with E-state index in [-0.39, 0.29) is 12.1 Å². The fourth-order valence-electron chi connectivity index (χ4n) is 2.39. The van der Waals surface area contributed by atoms with E-state index in [1.807, 2.05) is 6.07 Å². The third kappa shape index (κ3) is 5.25. The molecule has 1 fully saturated rings. The van der Waals surface area contributed by atoms with Gasteiger partial charge in [0.05, 0.1) is 11.1 Å². The molecule has 1 aliphatic heterocycles. The van der Waals surface area contributed by atoms with Crippen molar-refractivity contribution in [2.45, 2.75) is 31.9 Å². The third-order valence-electron chi connectivity index (χ3n) is 3.79. The predicted octanol–water partition coefficient (Wildman–Crippen LogP) is 2.44. The van der Waals surface area contributed by atoms with E-state index in [2.05, 4.69) is 46.9 Å². The minimum atomic E-state index is 0.142. The van der Waals surface area contributed by atoms with Crippen LogP contribution >= 0.6 is 15.9 Å². The quantitative estimate of drug-likeness (QED) is 0.850. The van der Waals surface area contributed by atoms with Crippen molar-refractivity contribution in [2.75, 3.05) is 33.4 Å². The van der Waals surface area contributed by atoms with Gasteiger partial charge in [-0.2, -0.15) is 0 Å². The number of ether oxygens (including phenoxy) is 2. The molecule has 0 amide bonds. The second-order valence-electron chi connectivity index (χ2n) is 5.70. The number of hydrogen-bond donors (Lipinski definition) is 1. The Morgan fingerprint density at radius 3 is 3.00 bits per heavy atom. The van der Waals surface area contributed by atoms with Gasteiger partial charge < -0.3 is 20.1 Å². The van der Waals surface area contributed by atoms with E-state index < -0.39 is 0 Å². The molecule has 4 nitrogen and oxygen atoms in total. The van der Waals surface area contributed by atoms with Crippen LogP contribution in [-0.4, -0.2) is 50.4 Å². The molecule has 0 saturated carbocycles. The Bertz CT molecular complexity index is 456. The summed E-state index contributed by atoms with van der Waals surface area (Å²) < 4.78 is 12.6. The van der Waals surface area contributed by atoms with Gasteiger partial charge in [-0.1, -0.05) is 13.0 Å². The molecule has 1 aromatic carbocycles. The molecule has 0 radical (unpaired) electrons. The summed E-state index contributed by atoms with van der Waals surface area (Å²) in [5, 5.41) is 0. The van der Waals surface area contributed by atoms with Gasteiger partial charge in [-0.3, -0.25) is 0 Å². The number of halogens is 1. The number of morpholine rings is 1. The van der Waals surface area contributed by atoms with Crippen LogP contribution in [0, 0.1) is 0 Å². The first-order valence-electron chi connectivity index (χ1n) is 7.55. The van der Waals surface area contributed by atoms with E-state index in [4.69, 9.17) is 15.2 Å². The lowest BCUT2D eigenvalue weighted by Gasteiger charge is -2.29. The van der Waals surface area contributed by atoms with Crippen molar-refractivity contribution in [2.24, 2.45) is 5.73 Å². The summed E-state index contributed by atoms with van der Waals surface area (Å²) in [5.41, 5.74) is 7.23. The van der Waals surface area contributed by atoms with Gasteiger partial charge in [0, 0.05) is 19.1 Å². The van der Waals surface area contributed by atoms with Crippen molar-refractivity contribution >= 4 is 15.9 Å². The lowest BCUT2D eigenvalue weighted by Crippen LogP contribution is -2.42. The molecule has 0 aliphatic carbocycles. The van der Waals surface area contributed by atoms with E-state index in [0.717, 1.165) is 42.8 Å². The molecule has 1 saturated heterocycles. The SMILES string of the molecule is CCC(N)Cc1ccc(OCC2CN(C)CCO2)c(Br)c1. The lowest BCUT2D eigenvalue weighted by molar-refractivity contribution is -0.0404. The minimum Gasteiger partial charge on any atom is -0.490 e. The maximum Gasteiger partial charge on any atom is 0.133 e. The molecule has 21 heavy (non-hydrogen) atoms. The molecule has 1 aliphatic rings. The highest BCUT2D eigenvalue weighted by molar-refractivity contribution is 9.10. The minimum absolute atomic E-state index is 0.142. The molecule has 2 unspecified atom stereocenters. The van der Waals surface area contributed by atoms with Crippen LogP contribution in [0.2, 0.25) is 0 Å². The molecule has 2 N–H and O–H groups in total. The first kappa shape index (κ1) is 16.7. The fourth-order valence-corrected chi connectivity index (χ4v) is 2.93. The van der Waals surface area contributed by atoms with Gasteiger partial charge in [-0.05, 0) is 53.5 Å². The van der Waals surface area contributed by atoms with Crippen LogP contribution in [0.4, 0.5) is 0 Å². The predicted molar refractivity (Wildman–Crippen MR) is 88.8 cm³/mol. The Morgan fingerprint density at radius 2 is 2.33 bits per heavy atom. The number of rotatable bonds is 6. The van der Waals surface area contributed by atoms with Gasteiger partial charge in [0.25, 0.3) is 0 Å². The van der Waals surface area contributed by atoms with Crippen molar-refractivity contribution in [3.05, 3.63) is 28.2 Å². The van der Waals surface area contributed by atoms with Crippen molar-refractivity contribution in [3.63, 3.8) is 0 Å². The Labute approximate surface area is 135 Å². The van der Waals surface area contributed by atoms with Crippen molar-refractivity contribution in [3.8, 4) is 5.75 Å². The summed E-state index contributed by atoms with van der Waals surface area (Å²) in [6.45, 7) is 5.38. The Kier molecular flexibility index (Phi) is 6.48. The van der Waals surface area contributed by atoms with Crippen molar-refractivity contribution < 1.29 is 9.47 Å². The Hall–Kier alpha value is -0.620. The number of likely N-dealkylation sites (N-methyl/N-ethyl adjacent to an activating group) is 1. The summed E-state index contributed by atoms with van der Waals surface area (Å²) in [7, 11) is 2.11. The highest BCUT2D eigenvalue weighted by Gasteiger charge is 2.18. The lowest BCUT2D eigenvalue weighted by atomic mass is 10.0. The average molecular weight is 357 g/mol. The van der Waals surface area contributed by atoms with Crippen LogP contribution in [0.25, 0.3) is 0 Å². The summed E-state index contributed by atoms with van der Waals surface area (Å²) >= 11 is 3.58. The molecular formula is C16H25BrN2O2. The van der Waals surface area contributed by atoms with Crippen molar-refractivity contribution in [1.82, 2.24) is 4.90 Å². The normalized spacial score (nSPS) is 21.2. The number of benzene rings is 1. The van der Waals surface area contributed by atoms with E-state index in [0.29, 0.717) is 6.61 Å². The Balaban J connectivity index is 1.88. The molecule has 0 bridgehead atoms. The van der Waals surface area contributed by atoms with Crippen molar-refractivity contribution in [1.29, 1.82) is 0 Å². The fraction of sp³-hybridized carbons (Fsp3) is 0.625. The summed E-state index contributed by atoms with van der Waals surface area (Å²) in [6, 6.07) is 6.41. The molecule has 2 rings (SSSR count). The topological polar surface area (TPSA) is 47.7 Å². The zero-order valence-electron chi connectivity index (χ0n) is 12.8. The van der Waals surface area contributed by atoms with Gasteiger partial charge >= 0.3 is 0 Å². The van der Waals surface area contributed by atoms with Crippen LogP contribution < -0.4 is 10.5 Å². The van der Waals surface area contributed by atoms with Crippen LogP contribution in [0.15, 0.2) is 22.7 Å². The smallest absolute Gasteiger partial charge is 0.133 e. The molecule has 118 valence electrons. The molecule has 1 heterocycles. The van der Waals surface area contributed by atoms with Gasteiger partial charge in [-0.15, -0.1) is 0 Å². The largest absolute Gasteiger partial charge is 0.490 e. The Morgan fingerprint density at radius 1 is 1.52 bits per heavy atom. The highest BCUT2D eigenvalue weighted by atomic mass is 79.9. The molecule has 2 atom stereocenters. The van der Waals surface area contributed by atoms with Crippen LogP contribution in [0.3, 0.4) is 0 Å². The van der Waals surface area contributed by atoms with E-state index in [1.54, 1.807) is 0 Å². The molecule has 1 aromatic rings. The number of nitrogens with two attached hydrogens (primary N) is 1. The van der Waals surface area contributed by atoms with Gasteiger partial charge in [0.15, 0.2) is 0 Å². The van der Waals surface area contributed by atoms with Crippen LogP contribution in [0.5, 0.6) is 5.75 Å². The summed E-state index contributed by atoms with van der Waals surface area (Å²) in [5.74, 6) is 0.862. The van der Waals surface area contributed by atoms with Crippen LogP contribution in [-0.2, 0) is 11.2 Å².